The van der Waals surface area contributed by atoms with Crippen LogP contribution in [0.5, 0.6) is 0 Å². The van der Waals surface area contributed by atoms with Crippen LogP contribution in [-0.2, 0) is 4.65 Å². The van der Waals surface area contributed by atoms with Crippen molar-refractivity contribution in [3.63, 3.8) is 0 Å². The van der Waals surface area contributed by atoms with E-state index < -0.39 is 0 Å². The van der Waals surface area contributed by atoms with Gasteiger partial charge in [-0.05, 0) is 25.2 Å². The molecule has 3 aliphatic rings. The Morgan fingerprint density at radius 3 is 3.46 bits per heavy atom. The Kier molecular flexibility index (Phi) is 1.64. The van der Waals surface area contributed by atoms with E-state index in [4.69, 9.17) is 4.65 Å². The van der Waals surface area contributed by atoms with Gasteiger partial charge in [0, 0.05) is 12.0 Å². The quantitative estimate of drug-likeness (QED) is 0.561. The molecule has 0 amide bonds. The van der Waals surface area contributed by atoms with Gasteiger partial charge >= 0.3 is 7.05 Å². The lowest BCUT2D eigenvalue weighted by atomic mass is 9.83. The predicted octanol–water partition coefficient (Wildman–Crippen LogP) is 1.37. The van der Waals surface area contributed by atoms with Crippen molar-refractivity contribution < 1.29 is 4.65 Å². The zero-order valence-corrected chi connectivity index (χ0v) is 7.86. The smallest absolute Gasteiger partial charge is 0.377 e. The van der Waals surface area contributed by atoms with E-state index in [2.05, 4.69) is 30.3 Å². The highest BCUT2D eigenvalue weighted by atomic mass is 16.5. The molecule has 3 heteroatoms. The van der Waals surface area contributed by atoms with Crippen LogP contribution in [0.15, 0.2) is 23.8 Å². The zero-order valence-electron chi connectivity index (χ0n) is 7.86. The van der Waals surface area contributed by atoms with E-state index >= 15 is 0 Å². The first-order chi connectivity index (χ1) is 6.34. The molecule has 13 heavy (non-hydrogen) atoms. The van der Waals surface area contributed by atoms with E-state index in [1.54, 1.807) is 0 Å². The summed E-state index contributed by atoms with van der Waals surface area (Å²) in [4.78, 5) is 0. The van der Waals surface area contributed by atoms with Crippen molar-refractivity contribution in [2.24, 2.45) is 5.92 Å². The van der Waals surface area contributed by atoms with Gasteiger partial charge in [-0.2, -0.15) is 0 Å². The van der Waals surface area contributed by atoms with Gasteiger partial charge < -0.3 is 9.88 Å². The Bertz CT molecular complexity index is 287. The third-order valence-electron chi connectivity index (χ3n) is 3.32. The number of rotatable bonds is 0. The van der Waals surface area contributed by atoms with E-state index in [0.29, 0.717) is 18.1 Å². The van der Waals surface area contributed by atoms with Crippen LogP contribution < -0.4 is 5.23 Å². The molecule has 0 saturated carbocycles. The van der Waals surface area contributed by atoms with Gasteiger partial charge in [0.1, 0.15) is 0 Å². The number of nitrogens with one attached hydrogen (secondary N) is 1. The summed E-state index contributed by atoms with van der Waals surface area (Å²) in [7, 11) is 0.235. The summed E-state index contributed by atoms with van der Waals surface area (Å²) >= 11 is 0. The van der Waals surface area contributed by atoms with Crippen molar-refractivity contribution in [3.05, 3.63) is 23.8 Å². The molecule has 68 valence electrons. The lowest BCUT2D eigenvalue weighted by molar-refractivity contribution is 0.251. The van der Waals surface area contributed by atoms with Crippen molar-refractivity contribution in [3.8, 4) is 0 Å². The fourth-order valence-corrected chi connectivity index (χ4v) is 2.75. The van der Waals surface area contributed by atoms with Crippen LogP contribution in [0.4, 0.5) is 0 Å². The van der Waals surface area contributed by atoms with Crippen molar-refractivity contribution in [1.29, 1.82) is 0 Å². The molecule has 3 atom stereocenters. The van der Waals surface area contributed by atoms with Crippen LogP contribution in [0.1, 0.15) is 12.8 Å². The molecule has 1 fully saturated rings. The molecular formula is C10H14BNO. The van der Waals surface area contributed by atoms with Gasteiger partial charge in [-0.25, -0.2) is 0 Å². The molecule has 3 rings (SSSR count). The van der Waals surface area contributed by atoms with Crippen LogP contribution >= 0.6 is 0 Å². The van der Waals surface area contributed by atoms with Crippen LogP contribution in [0, 0.1) is 5.92 Å². The largest absolute Gasteiger partial charge is 0.414 e. The first kappa shape index (κ1) is 7.83. The summed E-state index contributed by atoms with van der Waals surface area (Å²) < 4.78 is 5.76. The first-order valence-electron chi connectivity index (χ1n) is 5.14. The molecule has 1 N–H and O–H groups in total. The number of fused-ring (bicyclic) bond motifs is 3. The molecule has 3 unspecified atom stereocenters. The summed E-state index contributed by atoms with van der Waals surface area (Å²) in [5, 5.41) is 3.51. The fourth-order valence-electron chi connectivity index (χ4n) is 2.75. The molecule has 0 radical (unpaired) electrons. The average Bonchev–Trinajstić information content (AvgIpc) is 2.60. The molecule has 0 aromatic rings. The van der Waals surface area contributed by atoms with Gasteiger partial charge in [0.2, 0.25) is 0 Å². The van der Waals surface area contributed by atoms with Crippen molar-refractivity contribution in [2.75, 3.05) is 0 Å². The van der Waals surface area contributed by atoms with Gasteiger partial charge in [-0.15, -0.1) is 0 Å². The Hall–Kier alpha value is -0.535. The number of hydrogen-bond donors (Lipinski definition) is 1. The van der Waals surface area contributed by atoms with Crippen LogP contribution in [0.2, 0.25) is 6.82 Å². The molecule has 0 aromatic heterocycles. The lowest BCUT2D eigenvalue weighted by Gasteiger charge is -2.22. The number of allylic oxidation sites excluding steroid dienone is 2. The maximum Gasteiger partial charge on any atom is 0.377 e. The Labute approximate surface area is 79.2 Å². The SMILES string of the molecule is CB1NC2C(C=C3C=CCCC32)O1. The minimum atomic E-state index is 0.235. The van der Waals surface area contributed by atoms with Crippen molar-refractivity contribution >= 4 is 7.05 Å². The highest BCUT2D eigenvalue weighted by Crippen LogP contribution is 2.38. The van der Waals surface area contributed by atoms with Crippen LogP contribution in [0.3, 0.4) is 0 Å². The lowest BCUT2D eigenvalue weighted by Crippen LogP contribution is -2.38. The van der Waals surface area contributed by atoms with Gasteiger partial charge in [-0.3, -0.25) is 0 Å². The molecule has 0 spiro atoms. The topological polar surface area (TPSA) is 21.3 Å². The molecule has 1 heterocycles. The van der Waals surface area contributed by atoms with Crippen molar-refractivity contribution in [2.45, 2.75) is 31.8 Å². The third-order valence-corrected chi connectivity index (χ3v) is 3.32. The van der Waals surface area contributed by atoms with Crippen LogP contribution in [0.25, 0.3) is 0 Å². The molecule has 1 saturated heterocycles. The maximum absolute atomic E-state index is 5.76. The molecule has 0 aromatic carbocycles. The standard InChI is InChI=1S/C10H14BNO/c1-11-12-10-8-5-3-2-4-7(8)6-9(10)13-11/h2,4,6,8-10,12H,3,5H2,1H3. The Morgan fingerprint density at radius 1 is 1.62 bits per heavy atom. The fraction of sp³-hybridized carbons (Fsp3) is 0.600. The second kappa shape index (κ2) is 2.73. The first-order valence-corrected chi connectivity index (χ1v) is 5.14. The average molecular weight is 175 g/mol. The van der Waals surface area contributed by atoms with E-state index in [9.17, 15) is 0 Å². The van der Waals surface area contributed by atoms with Gasteiger partial charge in [0.05, 0.1) is 6.10 Å². The van der Waals surface area contributed by atoms with Gasteiger partial charge in [-0.1, -0.05) is 18.2 Å². The third kappa shape index (κ3) is 1.11. The maximum atomic E-state index is 5.76. The second-order valence-electron chi connectivity index (χ2n) is 4.19. The van der Waals surface area contributed by atoms with Crippen molar-refractivity contribution in [1.82, 2.24) is 5.23 Å². The summed E-state index contributed by atoms with van der Waals surface area (Å²) in [5.74, 6) is 0.708. The second-order valence-corrected chi connectivity index (χ2v) is 4.19. The van der Waals surface area contributed by atoms with E-state index in [1.165, 1.54) is 18.4 Å². The molecule has 2 nitrogen and oxygen atoms in total. The molecule has 1 aliphatic heterocycles. The van der Waals surface area contributed by atoms with E-state index in [-0.39, 0.29) is 7.05 Å². The van der Waals surface area contributed by atoms with Crippen LogP contribution in [-0.4, -0.2) is 19.2 Å². The summed E-state index contributed by atoms with van der Waals surface area (Å²) in [6, 6.07) is 0.551. The minimum Gasteiger partial charge on any atom is -0.414 e. The zero-order chi connectivity index (χ0) is 8.84. The number of hydrogen-bond acceptors (Lipinski definition) is 2. The van der Waals surface area contributed by atoms with E-state index in [1.807, 2.05) is 0 Å². The molecule has 0 bridgehead atoms. The summed E-state index contributed by atoms with van der Waals surface area (Å²) in [6.45, 7) is 2.09. The van der Waals surface area contributed by atoms with Gasteiger partial charge in [0.15, 0.2) is 0 Å². The molecular weight excluding hydrogens is 161 g/mol. The Morgan fingerprint density at radius 2 is 2.54 bits per heavy atom. The van der Waals surface area contributed by atoms with E-state index in [0.717, 1.165) is 0 Å². The minimum absolute atomic E-state index is 0.235. The normalized spacial score (nSPS) is 41.8. The summed E-state index contributed by atoms with van der Waals surface area (Å²) in [5.41, 5.74) is 1.49. The van der Waals surface area contributed by atoms with Gasteiger partial charge in [0.25, 0.3) is 0 Å². The summed E-state index contributed by atoms with van der Waals surface area (Å²) in [6.07, 6.45) is 9.67. The highest BCUT2D eigenvalue weighted by molar-refractivity contribution is 6.48. The predicted molar refractivity (Wildman–Crippen MR) is 53.4 cm³/mol. The monoisotopic (exact) mass is 175 g/mol. The molecule has 2 aliphatic carbocycles. The Balaban J connectivity index is 1.90. The highest BCUT2D eigenvalue weighted by Gasteiger charge is 2.43.